The summed E-state index contributed by atoms with van der Waals surface area (Å²) in [6, 6.07) is 14.0. The van der Waals surface area contributed by atoms with Crippen LogP contribution < -0.4 is 5.73 Å². The van der Waals surface area contributed by atoms with Gasteiger partial charge in [-0.3, -0.25) is 0 Å². The first-order valence-electron chi connectivity index (χ1n) is 6.90. The van der Waals surface area contributed by atoms with Crippen molar-refractivity contribution in [2.24, 2.45) is 5.73 Å². The van der Waals surface area contributed by atoms with Crippen LogP contribution in [0.2, 0.25) is 10.0 Å². The number of rotatable bonds is 4. The Morgan fingerprint density at radius 3 is 2.67 bits per heavy atom. The van der Waals surface area contributed by atoms with E-state index in [1.165, 1.54) is 16.5 Å². The molecule has 2 nitrogen and oxygen atoms in total. The summed E-state index contributed by atoms with van der Waals surface area (Å²) in [5, 5.41) is 2.66. The van der Waals surface area contributed by atoms with Crippen molar-refractivity contribution in [1.82, 2.24) is 4.57 Å². The number of fused-ring (bicyclic) bond motifs is 1. The summed E-state index contributed by atoms with van der Waals surface area (Å²) >= 11 is 12.3. The molecule has 3 rings (SSSR count). The van der Waals surface area contributed by atoms with Crippen LogP contribution in [0.25, 0.3) is 10.9 Å². The molecule has 1 aromatic heterocycles. The van der Waals surface area contributed by atoms with Crippen molar-refractivity contribution in [3.8, 4) is 0 Å². The van der Waals surface area contributed by atoms with Gasteiger partial charge in [-0.05, 0) is 53.7 Å². The van der Waals surface area contributed by atoms with E-state index in [-0.39, 0.29) is 0 Å². The quantitative estimate of drug-likeness (QED) is 0.754. The van der Waals surface area contributed by atoms with Gasteiger partial charge < -0.3 is 10.3 Å². The van der Waals surface area contributed by atoms with Gasteiger partial charge in [-0.1, -0.05) is 41.4 Å². The molecule has 0 radical (unpaired) electrons. The number of hydrogen-bond acceptors (Lipinski definition) is 1. The average Bonchev–Trinajstić information content (AvgIpc) is 2.88. The lowest BCUT2D eigenvalue weighted by atomic mass is 10.1. The summed E-state index contributed by atoms with van der Waals surface area (Å²) in [4.78, 5) is 0. The second kappa shape index (κ2) is 6.10. The van der Waals surface area contributed by atoms with Gasteiger partial charge in [0.2, 0.25) is 0 Å². The minimum absolute atomic E-state index is 0.641. The smallest absolute Gasteiger partial charge is 0.0516 e. The lowest BCUT2D eigenvalue weighted by molar-refractivity contribution is 0.828. The van der Waals surface area contributed by atoms with Gasteiger partial charge in [-0.15, -0.1) is 0 Å². The zero-order valence-electron chi connectivity index (χ0n) is 11.5. The molecule has 3 aromatic rings. The molecule has 0 amide bonds. The van der Waals surface area contributed by atoms with Gasteiger partial charge in [0.05, 0.1) is 5.52 Å². The van der Waals surface area contributed by atoms with E-state index in [1.807, 2.05) is 12.1 Å². The maximum Gasteiger partial charge on any atom is 0.0516 e. The van der Waals surface area contributed by atoms with Crippen LogP contribution in [0.15, 0.2) is 48.7 Å². The molecule has 0 aliphatic carbocycles. The summed E-state index contributed by atoms with van der Waals surface area (Å²) in [6.07, 6.45) is 2.95. The fourth-order valence-electron chi connectivity index (χ4n) is 2.68. The van der Waals surface area contributed by atoms with Crippen molar-refractivity contribution in [2.75, 3.05) is 6.54 Å². The van der Waals surface area contributed by atoms with Crippen molar-refractivity contribution >= 4 is 34.1 Å². The van der Waals surface area contributed by atoms with Gasteiger partial charge in [-0.2, -0.15) is 0 Å². The minimum Gasteiger partial charge on any atom is -0.343 e. The molecule has 0 spiro atoms. The molecule has 21 heavy (non-hydrogen) atoms. The highest BCUT2D eigenvalue weighted by Crippen LogP contribution is 2.25. The van der Waals surface area contributed by atoms with Crippen LogP contribution in [0, 0.1) is 0 Å². The van der Waals surface area contributed by atoms with E-state index < -0.39 is 0 Å². The summed E-state index contributed by atoms with van der Waals surface area (Å²) < 4.78 is 2.21. The first-order chi connectivity index (χ1) is 10.2. The van der Waals surface area contributed by atoms with E-state index >= 15 is 0 Å². The van der Waals surface area contributed by atoms with Crippen LogP contribution in [0.4, 0.5) is 0 Å². The number of aromatic nitrogens is 1. The van der Waals surface area contributed by atoms with Crippen LogP contribution in [0.5, 0.6) is 0 Å². The van der Waals surface area contributed by atoms with Gasteiger partial charge >= 0.3 is 0 Å². The molecule has 2 N–H and O–H groups in total. The van der Waals surface area contributed by atoms with Crippen molar-refractivity contribution in [3.05, 3.63) is 69.8 Å². The van der Waals surface area contributed by atoms with E-state index in [0.29, 0.717) is 18.1 Å². The molecular formula is C17H16Cl2N2. The topological polar surface area (TPSA) is 30.9 Å². The zero-order valence-corrected chi connectivity index (χ0v) is 13.0. The van der Waals surface area contributed by atoms with Gasteiger partial charge in [0.25, 0.3) is 0 Å². The number of halogens is 2. The second-order valence-corrected chi connectivity index (χ2v) is 5.92. The molecule has 0 unspecified atom stereocenters. The summed E-state index contributed by atoms with van der Waals surface area (Å²) in [6.45, 7) is 1.34. The Morgan fingerprint density at radius 1 is 1.00 bits per heavy atom. The maximum absolute atomic E-state index is 6.27. The highest BCUT2D eigenvalue weighted by Gasteiger charge is 2.08. The first-order valence-corrected chi connectivity index (χ1v) is 7.65. The normalized spacial score (nSPS) is 11.2. The Balaban J connectivity index is 2.06. The van der Waals surface area contributed by atoms with Crippen molar-refractivity contribution < 1.29 is 0 Å². The lowest BCUT2D eigenvalue weighted by Crippen LogP contribution is -2.06. The molecule has 0 saturated heterocycles. The Morgan fingerprint density at radius 2 is 1.86 bits per heavy atom. The number of benzene rings is 2. The minimum atomic E-state index is 0.641. The zero-order chi connectivity index (χ0) is 14.8. The van der Waals surface area contributed by atoms with Gasteiger partial charge in [0.15, 0.2) is 0 Å². The van der Waals surface area contributed by atoms with Gasteiger partial charge in [0.1, 0.15) is 0 Å². The van der Waals surface area contributed by atoms with E-state index in [0.717, 1.165) is 17.0 Å². The molecule has 0 atom stereocenters. The summed E-state index contributed by atoms with van der Waals surface area (Å²) in [5.41, 5.74) is 9.22. The molecule has 108 valence electrons. The number of nitrogens with zero attached hydrogens (tertiary/aromatic N) is 1. The number of para-hydroxylation sites is 1. The van der Waals surface area contributed by atoms with E-state index in [2.05, 4.69) is 35.0 Å². The highest BCUT2D eigenvalue weighted by molar-refractivity contribution is 6.33. The van der Waals surface area contributed by atoms with E-state index in [1.54, 1.807) is 6.07 Å². The molecule has 0 aliphatic rings. The van der Waals surface area contributed by atoms with Gasteiger partial charge in [0, 0.05) is 22.8 Å². The SMILES string of the molecule is NCCc1cccc2ccn(Cc3cc(Cl)ccc3Cl)c12. The van der Waals surface area contributed by atoms with Crippen LogP contribution >= 0.6 is 23.2 Å². The molecular weight excluding hydrogens is 303 g/mol. The highest BCUT2D eigenvalue weighted by atomic mass is 35.5. The van der Waals surface area contributed by atoms with Crippen molar-refractivity contribution in [1.29, 1.82) is 0 Å². The first kappa shape index (κ1) is 14.5. The maximum atomic E-state index is 6.27. The Labute approximate surface area is 134 Å². The predicted molar refractivity (Wildman–Crippen MR) is 90.3 cm³/mol. The Hall–Kier alpha value is -1.48. The predicted octanol–water partition coefficient (Wildman–Crippen LogP) is 4.50. The third kappa shape index (κ3) is 2.93. The fraction of sp³-hybridized carbons (Fsp3) is 0.176. The van der Waals surface area contributed by atoms with Crippen molar-refractivity contribution in [2.45, 2.75) is 13.0 Å². The van der Waals surface area contributed by atoms with Crippen molar-refractivity contribution in [3.63, 3.8) is 0 Å². The lowest BCUT2D eigenvalue weighted by Gasteiger charge is -2.11. The molecule has 0 fully saturated rings. The van der Waals surface area contributed by atoms with E-state index in [4.69, 9.17) is 28.9 Å². The molecule has 2 aromatic carbocycles. The third-order valence-electron chi connectivity index (χ3n) is 3.63. The van der Waals surface area contributed by atoms with Crippen LogP contribution in [0.3, 0.4) is 0 Å². The standard InChI is InChI=1S/C17H16Cl2N2/c18-15-4-5-16(19)14(10-15)11-21-9-7-13-3-1-2-12(6-8-20)17(13)21/h1-5,7,9-10H,6,8,11,20H2. The molecule has 0 aliphatic heterocycles. The van der Waals surface area contributed by atoms with Gasteiger partial charge in [-0.25, -0.2) is 0 Å². The third-order valence-corrected chi connectivity index (χ3v) is 4.24. The Kier molecular flexibility index (Phi) is 4.20. The number of nitrogens with two attached hydrogens (primary N) is 1. The monoisotopic (exact) mass is 318 g/mol. The molecule has 0 bridgehead atoms. The fourth-order valence-corrected chi connectivity index (χ4v) is 3.05. The van der Waals surface area contributed by atoms with Crippen LogP contribution in [-0.4, -0.2) is 11.1 Å². The summed E-state index contributed by atoms with van der Waals surface area (Å²) in [7, 11) is 0. The van der Waals surface area contributed by atoms with E-state index in [9.17, 15) is 0 Å². The Bertz CT molecular complexity index is 778. The second-order valence-electron chi connectivity index (χ2n) is 5.07. The van der Waals surface area contributed by atoms with Crippen LogP contribution in [-0.2, 0) is 13.0 Å². The van der Waals surface area contributed by atoms with Crippen LogP contribution in [0.1, 0.15) is 11.1 Å². The number of hydrogen-bond donors (Lipinski definition) is 1. The molecule has 1 heterocycles. The average molecular weight is 319 g/mol. The summed E-state index contributed by atoms with van der Waals surface area (Å²) in [5.74, 6) is 0. The largest absolute Gasteiger partial charge is 0.343 e. The molecule has 4 heteroatoms. The molecule has 0 saturated carbocycles.